The molecule has 25 heavy (non-hydrogen) atoms. The molecule has 3 aliphatic rings. The second-order valence-corrected chi connectivity index (χ2v) is 8.66. The number of aliphatic hydroxyl groups is 1. The van der Waals surface area contributed by atoms with Gasteiger partial charge in [-0.05, 0) is 24.8 Å². The summed E-state index contributed by atoms with van der Waals surface area (Å²) in [6.07, 6.45) is 6.24. The topological polar surface area (TPSA) is 55.1 Å². The van der Waals surface area contributed by atoms with Crippen LogP contribution in [0.2, 0.25) is 0 Å². The van der Waals surface area contributed by atoms with Crippen molar-refractivity contribution in [2.45, 2.75) is 61.7 Å². The third-order valence-corrected chi connectivity index (χ3v) is 7.20. The maximum absolute atomic E-state index is 13.5. The summed E-state index contributed by atoms with van der Waals surface area (Å²) in [6.45, 7) is 0.374. The first kappa shape index (κ1) is 15.6. The first-order chi connectivity index (χ1) is 12.2. The van der Waals surface area contributed by atoms with Crippen molar-refractivity contribution in [3.63, 3.8) is 0 Å². The van der Waals surface area contributed by atoms with Gasteiger partial charge in [-0.1, -0.05) is 55.3 Å². The van der Waals surface area contributed by atoms with Gasteiger partial charge < -0.3 is 5.11 Å². The molecule has 2 heterocycles. The highest BCUT2D eigenvalue weighted by Crippen LogP contribution is 2.48. The molecule has 1 aromatic carbocycles. The van der Waals surface area contributed by atoms with E-state index in [1.165, 1.54) is 36.6 Å². The third-order valence-electron chi connectivity index (χ3n) is 6.07. The van der Waals surface area contributed by atoms with Crippen LogP contribution in [0.5, 0.6) is 0 Å². The Morgan fingerprint density at radius 3 is 2.84 bits per heavy atom. The molecule has 2 aromatic rings. The van der Waals surface area contributed by atoms with Crippen LogP contribution in [0, 0.1) is 0 Å². The van der Waals surface area contributed by atoms with Crippen molar-refractivity contribution in [1.82, 2.24) is 9.55 Å². The van der Waals surface area contributed by atoms with Crippen LogP contribution in [0.25, 0.3) is 11.3 Å². The number of fused-ring (bicyclic) bond motifs is 5. The fourth-order valence-electron chi connectivity index (χ4n) is 4.93. The smallest absolute Gasteiger partial charge is 0.258 e. The van der Waals surface area contributed by atoms with Gasteiger partial charge in [0.05, 0.1) is 23.9 Å². The zero-order chi connectivity index (χ0) is 17.0. The Morgan fingerprint density at radius 2 is 2.00 bits per heavy atom. The quantitative estimate of drug-likeness (QED) is 0.739. The molecule has 1 fully saturated rings. The average molecular weight is 354 g/mol. The number of thioether (sulfide) groups is 1. The minimum absolute atomic E-state index is 0.0683. The van der Waals surface area contributed by atoms with Crippen LogP contribution in [-0.4, -0.2) is 26.5 Å². The van der Waals surface area contributed by atoms with E-state index in [0.29, 0.717) is 12.3 Å². The minimum Gasteiger partial charge on any atom is -0.390 e. The summed E-state index contributed by atoms with van der Waals surface area (Å²) < 4.78 is 1.72. The largest absolute Gasteiger partial charge is 0.390 e. The van der Waals surface area contributed by atoms with Crippen LogP contribution in [0.4, 0.5) is 0 Å². The summed E-state index contributed by atoms with van der Waals surface area (Å²) in [5.41, 5.74) is 4.30. The molecule has 1 atom stereocenters. The maximum atomic E-state index is 13.5. The zero-order valence-electron chi connectivity index (χ0n) is 14.2. The second-order valence-electron chi connectivity index (χ2n) is 7.67. The minimum atomic E-state index is -0.465. The predicted molar refractivity (Wildman–Crippen MR) is 99.1 cm³/mol. The van der Waals surface area contributed by atoms with Crippen molar-refractivity contribution in [1.29, 1.82) is 0 Å². The van der Waals surface area contributed by atoms with Crippen molar-refractivity contribution in [3.8, 4) is 11.3 Å². The van der Waals surface area contributed by atoms with Crippen LogP contribution < -0.4 is 5.56 Å². The molecule has 1 aromatic heterocycles. The van der Waals surface area contributed by atoms with E-state index in [4.69, 9.17) is 4.98 Å². The molecular formula is C20H22N2O2S. The highest BCUT2D eigenvalue weighted by atomic mass is 32.2. The van der Waals surface area contributed by atoms with Crippen LogP contribution in [0.3, 0.4) is 0 Å². The van der Waals surface area contributed by atoms with Crippen molar-refractivity contribution >= 4 is 11.8 Å². The van der Waals surface area contributed by atoms with Gasteiger partial charge in [-0.2, -0.15) is 0 Å². The summed E-state index contributed by atoms with van der Waals surface area (Å²) in [6, 6.07) is 8.44. The lowest BCUT2D eigenvalue weighted by molar-refractivity contribution is 0.166. The Morgan fingerprint density at radius 1 is 1.20 bits per heavy atom. The molecule has 130 valence electrons. The number of rotatable bonds is 0. The fraction of sp³-hybridized carbons (Fsp3) is 0.500. The van der Waals surface area contributed by atoms with Gasteiger partial charge in [0.15, 0.2) is 5.16 Å². The second kappa shape index (κ2) is 5.71. The van der Waals surface area contributed by atoms with Gasteiger partial charge in [0.25, 0.3) is 5.56 Å². The molecule has 1 aliphatic heterocycles. The molecule has 1 spiro atoms. The molecule has 0 saturated heterocycles. The number of hydrogen-bond donors (Lipinski definition) is 1. The van der Waals surface area contributed by atoms with E-state index in [9.17, 15) is 9.90 Å². The summed E-state index contributed by atoms with van der Waals surface area (Å²) in [5, 5.41) is 10.8. The molecule has 1 N–H and O–H groups in total. The maximum Gasteiger partial charge on any atom is 0.258 e. The number of hydrogen-bond acceptors (Lipinski definition) is 4. The lowest BCUT2D eigenvalue weighted by atomic mass is 9.62. The van der Waals surface area contributed by atoms with Crippen LogP contribution in [0.15, 0.2) is 34.2 Å². The van der Waals surface area contributed by atoms with Crippen LogP contribution >= 0.6 is 11.8 Å². The van der Waals surface area contributed by atoms with E-state index in [1.807, 2.05) is 6.07 Å². The fourth-order valence-corrected chi connectivity index (χ4v) is 5.84. The monoisotopic (exact) mass is 354 g/mol. The first-order valence-corrected chi connectivity index (χ1v) is 10.2. The molecule has 2 aliphatic carbocycles. The van der Waals surface area contributed by atoms with Gasteiger partial charge in [0.1, 0.15) is 0 Å². The molecule has 0 bridgehead atoms. The predicted octanol–water partition coefficient (Wildman–Crippen LogP) is 3.13. The Labute approximate surface area is 151 Å². The van der Waals surface area contributed by atoms with E-state index in [1.54, 1.807) is 4.57 Å². The lowest BCUT2D eigenvalue weighted by Crippen LogP contribution is -2.45. The summed E-state index contributed by atoms with van der Waals surface area (Å²) in [4.78, 5) is 18.4. The summed E-state index contributed by atoms with van der Waals surface area (Å²) in [5.74, 6) is 0.609. The summed E-state index contributed by atoms with van der Waals surface area (Å²) in [7, 11) is 0. The number of aromatic nitrogens is 2. The average Bonchev–Trinajstić information content (AvgIpc) is 2.63. The van der Waals surface area contributed by atoms with E-state index in [2.05, 4.69) is 18.2 Å². The van der Waals surface area contributed by atoms with E-state index < -0.39 is 6.10 Å². The van der Waals surface area contributed by atoms with Gasteiger partial charge in [-0.15, -0.1) is 0 Å². The highest BCUT2D eigenvalue weighted by molar-refractivity contribution is 7.99. The molecular weight excluding hydrogens is 332 g/mol. The van der Waals surface area contributed by atoms with Crippen molar-refractivity contribution < 1.29 is 5.11 Å². The third kappa shape index (κ3) is 2.32. The van der Waals surface area contributed by atoms with Gasteiger partial charge >= 0.3 is 0 Å². The SMILES string of the molecule is O=c1c2c(nc3n1C[C@H](O)CS3)-c1ccccc1CC21CCCCC1. The Hall–Kier alpha value is -1.59. The molecule has 0 unspecified atom stereocenters. The molecule has 5 heteroatoms. The number of aliphatic hydroxyl groups excluding tert-OH is 1. The van der Waals surface area contributed by atoms with Crippen molar-refractivity contribution in [2.75, 3.05) is 5.75 Å². The first-order valence-electron chi connectivity index (χ1n) is 9.22. The lowest BCUT2D eigenvalue weighted by Gasteiger charge is -2.42. The van der Waals surface area contributed by atoms with Crippen molar-refractivity contribution in [3.05, 3.63) is 45.7 Å². The van der Waals surface area contributed by atoms with Crippen molar-refractivity contribution in [2.24, 2.45) is 0 Å². The Kier molecular flexibility index (Phi) is 3.57. The van der Waals surface area contributed by atoms with E-state index in [0.717, 1.165) is 41.2 Å². The molecule has 0 radical (unpaired) electrons. The van der Waals surface area contributed by atoms with E-state index in [-0.39, 0.29) is 11.0 Å². The molecule has 4 nitrogen and oxygen atoms in total. The normalized spacial score (nSPS) is 23.6. The number of nitrogens with zero attached hydrogens (tertiary/aromatic N) is 2. The molecule has 1 saturated carbocycles. The van der Waals surface area contributed by atoms with Gasteiger partial charge in [-0.25, -0.2) is 4.98 Å². The Balaban J connectivity index is 1.81. The zero-order valence-corrected chi connectivity index (χ0v) is 15.0. The standard InChI is InChI=1S/C20H22N2O2S/c23-14-11-22-18(24)16-17(21-19(22)25-12-14)15-7-3-2-6-13(15)10-20(16)8-4-1-5-9-20/h2-3,6-7,14,23H,1,4-5,8-12H2/t14-/m0/s1. The number of benzene rings is 1. The van der Waals surface area contributed by atoms with Gasteiger partial charge in [0, 0.05) is 16.7 Å². The molecule has 5 rings (SSSR count). The van der Waals surface area contributed by atoms with Gasteiger partial charge in [-0.3, -0.25) is 9.36 Å². The molecule has 0 amide bonds. The highest BCUT2D eigenvalue weighted by Gasteiger charge is 2.43. The Bertz CT molecular complexity index is 899. The van der Waals surface area contributed by atoms with E-state index >= 15 is 0 Å². The van der Waals surface area contributed by atoms with Crippen LogP contribution in [0.1, 0.15) is 43.2 Å². The summed E-state index contributed by atoms with van der Waals surface area (Å²) >= 11 is 1.50. The van der Waals surface area contributed by atoms with Gasteiger partial charge in [0.2, 0.25) is 0 Å². The van der Waals surface area contributed by atoms with Crippen LogP contribution in [-0.2, 0) is 18.4 Å².